The van der Waals surface area contributed by atoms with Gasteiger partial charge in [-0.2, -0.15) is 0 Å². The van der Waals surface area contributed by atoms with Crippen LogP contribution in [0.1, 0.15) is 27.7 Å². The lowest BCUT2D eigenvalue weighted by Crippen LogP contribution is -2.25. The number of nitrogens with zero attached hydrogens (tertiary/aromatic N) is 1. The van der Waals surface area contributed by atoms with Crippen molar-refractivity contribution in [2.24, 2.45) is 11.3 Å². The van der Waals surface area contributed by atoms with Crippen LogP contribution >= 0.6 is 0 Å². The van der Waals surface area contributed by atoms with E-state index in [4.69, 9.17) is 0 Å². The van der Waals surface area contributed by atoms with Crippen LogP contribution in [0.3, 0.4) is 0 Å². The van der Waals surface area contributed by atoms with Crippen LogP contribution in [0.25, 0.3) is 0 Å². The molecule has 0 aliphatic carbocycles. The first-order valence-electron chi connectivity index (χ1n) is 5.25. The average Bonchev–Trinajstić information content (AvgIpc) is 2.14. The number of pyridine rings is 1. The van der Waals surface area contributed by atoms with E-state index in [-0.39, 0.29) is 11.2 Å². The van der Waals surface area contributed by atoms with E-state index >= 15 is 0 Å². The molecular formula is C12H19FN2. The van der Waals surface area contributed by atoms with E-state index in [0.717, 1.165) is 6.54 Å². The van der Waals surface area contributed by atoms with Crippen molar-refractivity contribution in [3.63, 3.8) is 0 Å². The van der Waals surface area contributed by atoms with E-state index in [1.807, 2.05) is 0 Å². The molecule has 1 aromatic heterocycles. The third kappa shape index (κ3) is 3.50. The molecule has 0 fully saturated rings. The van der Waals surface area contributed by atoms with Crippen molar-refractivity contribution < 1.29 is 4.39 Å². The number of hydrogen-bond donors (Lipinski definition) is 1. The summed E-state index contributed by atoms with van der Waals surface area (Å²) in [6, 6.07) is 3.00. The second-order valence-corrected chi connectivity index (χ2v) is 4.98. The highest BCUT2D eigenvalue weighted by Crippen LogP contribution is 2.25. The van der Waals surface area contributed by atoms with Gasteiger partial charge in [-0.25, -0.2) is 9.37 Å². The lowest BCUT2D eigenvalue weighted by molar-refractivity contribution is 0.274. The quantitative estimate of drug-likeness (QED) is 0.827. The summed E-state index contributed by atoms with van der Waals surface area (Å²) < 4.78 is 13.2. The second-order valence-electron chi connectivity index (χ2n) is 4.98. The van der Waals surface area contributed by atoms with Crippen molar-refractivity contribution in [2.45, 2.75) is 27.7 Å². The van der Waals surface area contributed by atoms with Crippen molar-refractivity contribution in [1.82, 2.24) is 4.98 Å². The lowest BCUT2D eigenvalue weighted by atomic mass is 9.82. The summed E-state index contributed by atoms with van der Waals surface area (Å²) in [6.07, 6.45) is 1.59. The van der Waals surface area contributed by atoms with Crippen LogP contribution in [0.5, 0.6) is 0 Å². The molecule has 0 aliphatic heterocycles. The largest absolute Gasteiger partial charge is 0.367 e. The molecular weight excluding hydrogens is 191 g/mol. The Hall–Kier alpha value is -1.12. The number of nitrogens with one attached hydrogen (secondary N) is 1. The number of anilines is 1. The maximum atomic E-state index is 13.2. The van der Waals surface area contributed by atoms with Gasteiger partial charge in [-0.3, -0.25) is 0 Å². The molecule has 0 saturated carbocycles. The smallest absolute Gasteiger partial charge is 0.165 e. The van der Waals surface area contributed by atoms with Gasteiger partial charge in [0.25, 0.3) is 0 Å². The Morgan fingerprint density at radius 3 is 2.67 bits per heavy atom. The van der Waals surface area contributed by atoms with Crippen LogP contribution in [0.15, 0.2) is 18.3 Å². The summed E-state index contributed by atoms with van der Waals surface area (Å²) in [5, 5.41) is 3.03. The summed E-state index contributed by atoms with van der Waals surface area (Å²) in [5.74, 6) is 0.506. The number of hydrogen-bond acceptors (Lipinski definition) is 2. The monoisotopic (exact) mass is 210 g/mol. The zero-order valence-corrected chi connectivity index (χ0v) is 9.84. The van der Waals surface area contributed by atoms with E-state index < -0.39 is 0 Å². The summed E-state index contributed by atoms with van der Waals surface area (Å²) in [6.45, 7) is 9.40. The third-order valence-corrected chi connectivity index (χ3v) is 2.81. The summed E-state index contributed by atoms with van der Waals surface area (Å²) in [7, 11) is 0. The zero-order valence-electron chi connectivity index (χ0n) is 9.84. The molecule has 3 heteroatoms. The van der Waals surface area contributed by atoms with Gasteiger partial charge >= 0.3 is 0 Å². The van der Waals surface area contributed by atoms with Gasteiger partial charge in [-0.05, 0) is 23.5 Å². The molecule has 1 aromatic rings. The molecule has 0 radical (unpaired) electrons. The van der Waals surface area contributed by atoms with Gasteiger partial charge in [0.1, 0.15) is 0 Å². The maximum Gasteiger partial charge on any atom is 0.165 e. The number of halogens is 1. The molecule has 1 rings (SSSR count). The third-order valence-electron chi connectivity index (χ3n) is 2.81. The molecule has 1 atom stereocenters. The van der Waals surface area contributed by atoms with Gasteiger partial charge in [0, 0.05) is 12.7 Å². The standard InChI is InChI=1S/C12H19FN2/c1-9(12(2,3)4)8-15-11-10(13)6-5-7-14-11/h5-7,9H,8H2,1-4H3,(H,14,15). The highest BCUT2D eigenvalue weighted by Gasteiger charge is 2.19. The molecule has 1 N–H and O–H groups in total. The fourth-order valence-corrected chi connectivity index (χ4v) is 1.07. The molecule has 1 unspecified atom stereocenters. The van der Waals surface area contributed by atoms with Crippen molar-refractivity contribution in [3.05, 3.63) is 24.1 Å². The molecule has 15 heavy (non-hydrogen) atoms. The Kier molecular flexibility index (Phi) is 3.66. The van der Waals surface area contributed by atoms with E-state index in [2.05, 4.69) is 38.0 Å². The van der Waals surface area contributed by atoms with Crippen molar-refractivity contribution in [1.29, 1.82) is 0 Å². The fourth-order valence-electron chi connectivity index (χ4n) is 1.07. The predicted octanol–water partition coefficient (Wildman–Crippen LogP) is 3.31. The van der Waals surface area contributed by atoms with Gasteiger partial charge in [-0.15, -0.1) is 0 Å². The van der Waals surface area contributed by atoms with E-state index in [1.54, 1.807) is 12.3 Å². The molecule has 0 saturated heterocycles. The fraction of sp³-hybridized carbons (Fsp3) is 0.583. The molecule has 0 amide bonds. The zero-order chi connectivity index (χ0) is 11.5. The Balaban J connectivity index is 2.55. The maximum absolute atomic E-state index is 13.2. The topological polar surface area (TPSA) is 24.9 Å². The van der Waals surface area contributed by atoms with Crippen LogP contribution in [0, 0.1) is 17.2 Å². The van der Waals surface area contributed by atoms with Gasteiger partial charge < -0.3 is 5.32 Å². The Labute approximate surface area is 90.9 Å². The van der Waals surface area contributed by atoms with Crippen molar-refractivity contribution in [3.8, 4) is 0 Å². The van der Waals surface area contributed by atoms with Gasteiger partial charge in [0.2, 0.25) is 0 Å². The van der Waals surface area contributed by atoms with Crippen LogP contribution in [-0.2, 0) is 0 Å². The molecule has 0 aliphatic rings. The first kappa shape index (κ1) is 12.0. The second kappa shape index (κ2) is 4.60. The van der Waals surface area contributed by atoms with E-state index in [1.165, 1.54) is 6.07 Å². The predicted molar refractivity (Wildman–Crippen MR) is 61.3 cm³/mol. The summed E-state index contributed by atoms with van der Waals surface area (Å²) in [4.78, 5) is 3.95. The Morgan fingerprint density at radius 2 is 2.13 bits per heavy atom. The van der Waals surface area contributed by atoms with Crippen molar-refractivity contribution >= 4 is 5.82 Å². The average molecular weight is 210 g/mol. The number of rotatable bonds is 3. The number of aromatic nitrogens is 1. The van der Waals surface area contributed by atoms with Crippen LogP contribution in [0.2, 0.25) is 0 Å². The molecule has 1 heterocycles. The van der Waals surface area contributed by atoms with Crippen LogP contribution in [-0.4, -0.2) is 11.5 Å². The molecule has 2 nitrogen and oxygen atoms in total. The van der Waals surface area contributed by atoms with Crippen LogP contribution in [0.4, 0.5) is 10.2 Å². The van der Waals surface area contributed by atoms with Crippen molar-refractivity contribution in [2.75, 3.05) is 11.9 Å². The van der Waals surface area contributed by atoms with Crippen LogP contribution < -0.4 is 5.32 Å². The first-order chi connectivity index (χ1) is 6.91. The molecule has 0 spiro atoms. The molecule has 0 aromatic carbocycles. The Morgan fingerprint density at radius 1 is 1.47 bits per heavy atom. The van der Waals surface area contributed by atoms with E-state index in [9.17, 15) is 4.39 Å². The lowest BCUT2D eigenvalue weighted by Gasteiger charge is -2.27. The molecule has 84 valence electrons. The van der Waals surface area contributed by atoms with E-state index in [0.29, 0.717) is 11.7 Å². The van der Waals surface area contributed by atoms with Gasteiger partial charge in [0.05, 0.1) is 0 Å². The minimum atomic E-state index is -0.293. The summed E-state index contributed by atoms with van der Waals surface area (Å²) in [5.41, 5.74) is 0.220. The minimum Gasteiger partial charge on any atom is -0.367 e. The Bertz CT molecular complexity index is 318. The van der Waals surface area contributed by atoms with Gasteiger partial charge in [0.15, 0.2) is 11.6 Å². The minimum absolute atomic E-state index is 0.220. The highest BCUT2D eigenvalue weighted by atomic mass is 19.1. The SMILES string of the molecule is CC(CNc1ncccc1F)C(C)(C)C. The van der Waals surface area contributed by atoms with Gasteiger partial charge in [-0.1, -0.05) is 27.7 Å². The molecule has 0 bridgehead atoms. The summed E-state index contributed by atoms with van der Waals surface area (Å²) >= 11 is 0. The highest BCUT2D eigenvalue weighted by molar-refractivity contribution is 5.35. The first-order valence-corrected chi connectivity index (χ1v) is 5.25. The normalized spacial score (nSPS) is 13.7.